The summed E-state index contributed by atoms with van der Waals surface area (Å²) in [6.07, 6.45) is 0. The minimum atomic E-state index is -0.0870. The van der Waals surface area contributed by atoms with Gasteiger partial charge in [-0.1, -0.05) is 35.9 Å². The standard InChI is InChI=1S/C9H13Si.Na/c1-10(2)8-9-6-4-3-5-7-9;/h3-7H,8H2,1-2H3;/q-1;+1. The van der Waals surface area contributed by atoms with Crippen LogP contribution in [0.5, 0.6) is 0 Å². The van der Waals surface area contributed by atoms with Gasteiger partial charge in [0.15, 0.2) is 0 Å². The van der Waals surface area contributed by atoms with Crippen molar-refractivity contribution in [3.05, 3.63) is 35.9 Å². The molecule has 0 fully saturated rings. The van der Waals surface area contributed by atoms with Crippen molar-refractivity contribution in [3.8, 4) is 0 Å². The number of benzene rings is 1. The van der Waals surface area contributed by atoms with Gasteiger partial charge in [0, 0.05) is 0 Å². The summed E-state index contributed by atoms with van der Waals surface area (Å²) in [7, 11) is -0.0870. The van der Waals surface area contributed by atoms with Crippen LogP contribution in [-0.4, -0.2) is 8.80 Å². The fourth-order valence-corrected chi connectivity index (χ4v) is 2.06. The normalized spacial score (nSPS) is 9.36. The van der Waals surface area contributed by atoms with E-state index in [1.165, 1.54) is 11.6 Å². The Morgan fingerprint density at radius 1 is 1.09 bits per heavy atom. The second-order valence-electron chi connectivity index (χ2n) is 2.87. The van der Waals surface area contributed by atoms with E-state index in [0.29, 0.717) is 0 Å². The minimum Gasteiger partial charge on any atom is -0.262 e. The summed E-state index contributed by atoms with van der Waals surface area (Å²) in [6.45, 7) is 4.69. The summed E-state index contributed by atoms with van der Waals surface area (Å²) in [5, 5.41) is 0. The van der Waals surface area contributed by atoms with Crippen LogP contribution >= 0.6 is 0 Å². The maximum absolute atomic E-state index is 2.34. The fourth-order valence-electron chi connectivity index (χ4n) is 1.00. The second-order valence-corrected chi connectivity index (χ2v) is 5.64. The molecule has 1 aromatic carbocycles. The molecule has 0 nitrogen and oxygen atoms in total. The topological polar surface area (TPSA) is 0 Å². The van der Waals surface area contributed by atoms with E-state index in [1.54, 1.807) is 0 Å². The molecule has 0 spiro atoms. The Bertz CT molecular complexity index is 184. The van der Waals surface area contributed by atoms with Gasteiger partial charge in [0.1, 0.15) is 0 Å². The van der Waals surface area contributed by atoms with Gasteiger partial charge in [-0.15, -0.1) is 0 Å². The smallest absolute Gasteiger partial charge is 0.262 e. The molecule has 0 aliphatic carbocycles. The van der Waals surface area contributed by atoms with Crippen molar-refractivity contribution in [3.63, 3.8) is 0 Å². The third-order valence-corrected chi connectivity index (χ3v) is 2.52. The van der Waals surface area contributed by atoms with Crippen LogP contribution in [0, 0.1) is 0 Å². The van der Waals surface area contributed by atoms with E-state index in [0.717, 1.165) is 0 Å². The molecule has 0 saturated heterocycles. The molecule has 0 unspecified atom stereocenters. The first-order valence-corrected chi connectivity index (χ1v) is 6.32. The zero-order chi connectivity index (χ0) is 7.40. The van der Waals surface area contributed by atoms with Crippen LogP contribution in [0.15, 0.2) is 30.3 Å². The predicted octanol–water partition coefficient (Wildman–Crippen LogP) is -0.473. The average Bonchev–Trinajstić information content (AvgIpc) is 1.88. The molecule has 2 heteroatoms. The minimum absolute atomic E-state index is 0. The SMILES string of the molecule is C[Si-](C)Cc1ccccc1.[Na+]. The van der Waals surface area contributed by atoms with Crippen molar-refractivity contribution in [1.82, 2.24) is 0 Å². The molecule has 0 aliphatic rings. The Balaban J connectivity index is 0.000001000. The van der Waals surface area contributed by atoms with Gasteiger partial charge in [0.25, 0.3) is 0 Å². The van der Waals surface area contributed by atoms with Crippen LogP contribution in [0.1, 0.15) is 5.56 Å². The molecule has 1 rings (SSSR count). The van der Waals surface area contributed by atoms with Gasteiger partial charge in [-0.05, 0) is 0 Å². The van der Waals surface area contributed by atoms with E-state index in [-0.39, 0.29) is 38.4 Å². The van der Waals surface area contributed by atoms with Gasteiger partial charge in [-0.3, -0.25) is 8.80 Å². The van der Waals surface area contributed by atoms with Gasteiger partial charge < -0.3 is 0 Å². The summed E-state index contributed by atoms with van der Waals surface area (Å²) in [5.41, 5.74) is 1.49. The Labute approximate surface area is 92.9 Å². The van der Waals surface area contributed by atoms with Crippen molar-refractivity contribution < 1.29 is 29.6 Å². The Hall–Kier alpha value is 0.437. The average molecular weight is 172 g/mol. The maximum atomic E-state index is 2.34. The first-order valence-electron chi connectivity index (χ1n) is 3.62. The van der Waals surface area contributed by atoms with Crippen LogP contribution < -0.4 is 29.6 Å². The van der Waals surface area contributed by atoms with Crippen molar-refractivity contribution in [2.24, 2.45) is 0 Å². The fraction of sp³-hybridized carbons (Fsp3) is 0.333. The molecule has 0 radical (unpaired) electrons. The van der Waals surface area contributed by atoms with Crippen molar-refractivity contribution in [2.45, 2.75) is 19.1 Å². The van der Waals surface area contributed by atoms with E-state index in [9.17, 15) is 0 Å². The third kappa shape index (κ3) is 4.80. The van der Waals surface area contributed by atoms with Crippen LogP contribution in [0.4, 0.5) is 0 Å². The van der Waals surface area contributed by atoms with Crippen molar-refractivity contribution in [1.29, 1.82) is 0 Å². The van der Waals surface area contributed by atoms with E-state index in [2.05, 4.69) is 43.4 Å². The molecular weight excluding hydrogens is 159 g/mol. The summed E-state index contributed by atoms with van der Waals surface area (Å²) in [4.78, 5) is 0. The molecular formula is C9H13NaSi. The molecule has 0 bridgehead atoms. The maximum Gasteiger partial charge on any atom is 1.00 e. The quantitative estimate of drug-likeness (QED) is 0.529. The van der Waals surface area contributed by atoms with Crippen molar-refractivity contribution in [2.75, 3.05) is 0 Å². The Kier molecular flexibility index (Phi) is 6.25. The van der Waals surface area contributed by atoms with Crippen LogP contribution in [0.2, 0.25) is 13.1 Å². The largest absolute Gasteiger partial charge is 1.00 e. The van der Waals surface area contributed by atoms with Crippen molar-refractivity contribution >= 4 is 8.80 Å². The molecule has 0 N–H and O–H groups in total. The zero-order valence-electron chi connectivity index (χ0n) is 7.59. The van der Waals surface area contributed by atoms with Gasteiger partial charge in [-0.2, -0.15) is 19.1 Å². The van der Waals surface area contributed by atoms with Gasteiger partial charge in [0.05, 0.1) is 0 Å². The Morgan fingerprint density at radius 3 is 2.09 bits per heavy atom. The summed E-state index contributed by atoms with van der Waals surface area (Å²) >= 11 is 0. The molecule has 0 saturated carbocycles. The predicted molar refractivity (Wildman–Crippen MR) is 47.6 cm³/mol. The number of hydrogen-bond donors (Lipinski definition) is 0. The van der Waals surface area contributed by atoms with E-state index in [1.807, 2.05) is 0 Å². The molecule has 1 aromatic rings. The summed E-state index contributed by atoms with van der Waals surface area (Å²) in [6, 6.07) is 12.0. The van der Waals surface area contributed by atoms with Gasteiger partial charge >= 0.3 is 29.6 Å². The monoisotopic (exact) mass is 172 g/mol. The first kappa shape index (κ1) is 11.4. The molecule has 11 heavy (non-hydrogen) atoms. The number of rotatable bonds is 2. The summed E-state index contributed by atoms with van der Waals surface area (Å²) < 4.78 is 0. The molecule has 0 heterocycles. The molecule has 0 aromatic heterocycles. The van der Waals surface area contributed by atoms with E-state index < -0.39 is 0 Å². The molecule has 0 amide bonds. The summed E-state index contributed by atoms with van der Waals surface area (Å²) in [5.74, 6) is 0. The zero-order valence-corrected chi connectivity index (χ0v) is 10.6. The van der Waals surface area contributed by atoms with Crippen LogP contribution in [0.3, 0.4) is 0 Å². The van der Waals surface area contributed by atoms with Crippen LogP contribution in [0.25, 0.3) is 0 Å². The first-order chi connectivity index (χ1) is 4.79. The molecule has 54 valence electrons. The van der Waals surface area contributed by atoms with Crippen LogP contribution in [-0.2, 0) is 6.04 Å². The van der Waals surface area contributed by atoms with Gasteiger partial charge in [0.2, 0.25) is 0 Å². The number of hydrogen-bond acceptors (Lipinski definition) is 0. The second kappa shape index (κ2) is 6.01. The molecule has 0 atom stereocenters. The third-order valence-electron chi connectivity index (χ3n) is 1.40. The van der Waals surface area contributed by atoms with E-state index >= 15 is 0 Å². The van der Waals surface area contributed by atoms with Gasteiger partial charge in [-0.25, -0.2) is 0 Å². The van der Waals surface area contributed by atoms with E-state index in [4.69, 9.17) is 0 Å². The molecule has 0 aliphatic heterocycles. The Morgan fingerprint density at radius 2 is 1.64 bits per heavy atom.